The second kappa shape index (κ2) is 6.86. The predicted molar refractivity (Wildman–Crippen MR) is 66.4 cm³/mol. The minimum Gasteiger partial charge on any atom is -0.354 e. The van der Waals surface area contributed by atoms with Crippen LogP contribution in [0.25, 0.3) is 0 Å². The maximum absolute atomic E-state index is 11.5. The summed E-state index contributed by atoms with van der Waals surface area (Å²) in [5, 5.41) is 6.30. The molecule has 1 fully saturated rings. The van der Waals surface area contributed by atoms with Crippen LogP contribution in [0.3, 0.4) is 0 Å². The lowest BCUT2D eigenvalue weighted by Crippen LogP contribution is -2.40. The highest BCUT2D eigenvalue weighted by molar-refractivity contribution is 5.76. The summed E-state index contributed by atoms with van der Waals surface area (Å²) in [6, 6.07) is 0.868. The Morgan fingerprint density at radius 3 is 2.81 bits per heavy atom. The standard InChI is InChI=1S/C12H25N3O/c1-4-15(11-5-7-13-9-11)8-6-12(16)14-10(2)3/h10-11,13H,4-9H2,1-3H3,(H,14,16). The van der Waals surface area contributed by atoms with Gasteiger partial charge in [-0.3, -0.25) is 9.69 Å². The number of likely N-dealkylation sites (N-methyl/N-ethyl adjacent to an activating group) is 1. The Morgan fingerprint density at radius 1 is 1.56 bits per heavy atom. The Bertz CT molecular complexity index is 212. The van der Waals surface area contributed by atoms with Gasteiger partial charge in [-0.05, 0) is 33.4 Å². The van der Waals surface area contributed by atoms with E-state index < -0.39 is 0 Å². The monoisotopic (exact) mass is 227 g/mol. The van der Waals surface area contributed by atoms with Crippen molar-refractivity contribution < 1.29 is 4.79 Å². The van der Waals surface area contributed by atoms with Crippen molar-refractivity contribution in [2.24, 2.45) is 0 Å². The molecule has 0 saturated carbocycles. The normalized spacial score (nSPS) is 20.7. The fraction of sp³-hybridized carbons (Fsp3) is 0.917. The van der Waals surface area contributed by atoms with E-state index in [0.29, 0.717) is 12.5 Å². The number of carbonyl (C=O) groups is 1. The Balaban J connectivity index is 2.25. The van der Waals surface area contributed by atoms with Crippen LogP contribution in [0.15, 0.2) is 0 Å². The number of hydrogen-bond acceptors (Lipinski definition) is 3. The third-order valence-electron chi connectivity index (χ3n) is 3.03. The van der Waals surface area contributed by atoms with Gasteiger partial charge in [-0.2, -0.15) is 0 Å². The molecule has 1 amide bonds. The SMILES string of the molecule is CCN(CCC(=O)NC(C)C)C1CCNC1. The molecule has 1 heterocycles. The van der Waals surface area contributed by atoms with Crippen molar-refractivity contribution >= 4 is 5.91 Å². The summed E-state index contributed by atoms with van der Waals surface area (Å²) in [7, 11) is 0. The van der Waals surface area contributed by atoms with Gasteiger partial charge < -0.3 is 10.6 Å². The summed E-state index contributed by atoms with van der Waals surface area (Å²) in [5.41, 5.74) is 0. The van der Waals surface area contributed by atoms with E-state index in [1.165, 1.54) is 6.42 Å². The van der Waals surface area contributed by atoms with Gasteiger partial charge in [0.2, 0.25) is 5.91 Å². The van der Waals surface area contributed by atoms with Gasteiger partial charge in [-0.15, -0.1) is 0 Å². The van der Waals surface area contributed by atoms with Gasteiger partial charge in [0.1, 0.15) is 0 Å². The fourth-order valence-electron chi connectivity index (χ4n) is 2.19. The molecule has 4 nitrogen and oxygen atoms in total. The van der Waals surface area contributed by atoms with Gasteiger partial charge in [0, 0.05) is 31.6 Å². The van der Waals surface area contributed by atoms with Crippen molar-refractivity contribution in [2.45, 2.75) is 45.7 Å². The molecule has 4 heteroatoms. The van der Waals surface area contributed by atoms with Gasteiger partial charge in [0.25, 0.3) is 0 Å². The van der Waals surface area contributed by atoms with Crippen molar-refractivity contribution in [3.05, 3.63) is 0 Å². The maximum atomic E-state index is 11.5. The van der Waals surface area contributed by atoms with E-state index in [1.807, 2.05) is 13.8 Å². The first-order chi connectivity index (χ1) is 7.63. The molecule has 1 rings (SSSR count). The maximum Gasteiger partial charge on any atom is 0.221 e. The Labute approximate surface area is 98.8 Å². The van der Waals surface area contributed by atoms with E-state index in [0.717, 1.165) is 26.2 Å². The average Bonchev–Trinajstić information content (AvgIpc) is 2.71. The molecule has 1 saturated heterocycles. The van der Waals surface area contributed by atoms with E-state index in [1.54, 1.807) is 0 Å². The van der Waals surface area contributed by atoms with Crippen molar-refractivity contribution in [2.75, 3.05) is 26.2 Å². The van der Waals surface area contributed by atoms with E-state index in [2.05, 4.69) is 22.5 Å². The van der Waals surface area contributed by atoms with Gasteiger partial charge >= 0.3 is 0 Å². The van der Waals surface area contributed by atoms with Gasteiger partial charge in [0.15, 0.2) is 0 Å². The van der Waals surface area contributed by atoms with E-state index in [4.69, 9.17) is 0 Å². The largest absolute Gasteiger partial charge is 0.354 e. The van der Waals surface area contributed by atoms with Crippen molar-refractivity contribution in [1.29, 1.82) is 0 Å². The number of nitrogens with one attached hydrogen (secondary N) is 2. The molecule has 1 aliphatic heterocycles. The lowest BCUT2D eigenvalue weighted by molar-refractivity contribution is -0.122. The van der Waals surface area contributed by atoms with Crippen LogP contribution in [0.5, 0.6) is 0 Å². The molecular weight excluding hydrogens is 202 g/mol. The Hall–Kier alpha value is -0.610. The van der Waals surface area contributed by atoms with Crippen molar-refractivity contribution in [1.82, 2.24) is 15.5 Å². The highest BCUT2D eigenvalue weighted by Crippen LogP contribution is 2.08. The molecule has 0 aromatic carbocycles. The van der Waals surface area contributed by atoms with Gasteiger partial charge in [-0.25, -0.2) is 0 Å². The average molecular weight is 227 g/mol. The molecule has 0 aromatic heterocycles. The smallest absolute Gasteiger partial charge is 0.221 e. The summed E-state index contributed by atoms with van der Waals surface area (Å²) >= 11 is 0. The molecule has 0 bridgehead atoms. The lowest BCUT2D eigenvalue weighted by Gasteiger charge is -2.26. The van der Waals surface area contributed by atoms with Gasteiger partial charge in [0.05, 0.1) is 0 Å². The van der Waals surface area contributed by atoms with Crippen LogP contribution >= 0.6 is 0 Å². The zero-order chi connectivity index (χ0) is 12.0. The second-order valence-corrected chi connectivity index (χ2v) is 4.75. The quantitative estimate of drug-likeness (QED) is 0.698. The van der Waals surface area contributed by atoms with Crippen LogP contribution in [0.2, 0.25) is 0 Å². The molecule has 1 unspecified atom stereocenters. The first kappa shape index (κ1) is 13.5. The predicted octanol–water partition coefficient (Wildman–Crippen LogP) is 0.585. The zero-order valence-electron chi connectivity index (χ0n) is 10.8. The number of nitrogens with zero attached hydrogens (tertiary/aromatic N) is 1. The summed E-state index contributed by atoms with van der Waals surface area (Å²) in [6.45, 7) is 10.2. The molecule has 0 aliphatic carbocycles. The second-order valence-electron chi connectivity index (χ2n) is 4.75. The zero-order valence-corrected chi connectivity index (χ0v) is 10.8. The highest BCUT2D eigenvalue weighted by Gasteiger charge is 2.21. The van der Waals surface area contributed by atoms with Crippen LogP contribution < -0.4 is 10.6 Å². The molecule has 2 N–H and O–H groups in total. The lowest BCUT2D eigenvalue weighted by atomic mass is 10.2. The van der Waals surface area contributed by atoms with Crippen LogP contribution in [0, 0.1) is 0 Å². The topological polar surface area (TPSA) is 44.4 Å². The fourth-order valence-corrected chi connectivity index (χ4v) is 2.19. The van der Waals surface area contributed by atoms with Crippen molar-refractivity contribution in [3.63, 3.8) is 0 Å². The Kier molecular flexibility index (Phi) is 5.77. The van der Waals surface area contributed by atoms with Gasteiger partial charge in [-0.1, -0.05) is 6.92 Å². The first-order valence-corrected chi connectivity index (χ1v) is 6.37. The molecular formula is C12H25N3O. The van der Waals surface area contributed by atoms with Crippen LogP contribution in [-0.4, -0.2) is 49.1 Å². The van der Waals surface area contributed by atoms with Crippen LogP contribution in [-0.2, 0) is 4.79 Å². The third-order valence-corrected chi connectivity index (χ3v) is 3.03. The van der Waals surface area contributed by atoms with E-state index in [-0.39, 0.29) is 11.9 Å². The Morgan fingerprint density at radius 2 is 2.31 bits per heavy atom. The van der Waals surface area contributed by atoms with E-state index >= 15 is 0 Å². The molecule has 1 atom stereocenters. The first-order valence-electron chi connectivity index (χ1n) is 6.37. The number of carbonyl (C=O) groups excluding carboxylic acids is 1. The summed E-state index contributed by atoms with van der Waals surface area (Å²) < 4.78 is 0. The molecule has 0 aromatic rings. The summed E-state index contributed by atoms with van der Waals surface area (Å²) in [4.78, 5) is 13.9. The number of hydrogen-bond donors (Lipinski definition) is 2. The molecule has 1 aliphatic rings. The minimum atomic E-state index is 0.166. The third kappa shape index (κ3) is 4.49. The minimum absolute atomic E-state index is 0.166. The van der Waals surface area contributed by atoms with Crippen LogP contribution in [0.4, 0.5) is 0 Å². The summed E-state index contributed by atoms with van der Waals surface area (Å²) in [5.74, 6) is 0.166. The number of amides is 1. The summed E-state index contributed by atoms with van der Waals surface area (Å²) in [6.07, 6.45) is 1.82. The molecule has 0 radical (unpaired) electrons. The van der Waals surface area contributed by atoms with Crippen molar-refractivity contribution in [3.8, 4) is 0 Å². The van der Waals surface area contributed by atoms with E-state index in [9.17, 15) is 4.79 Å². The van der Waals surface area contributed by atoms with Crippen LogP contribution in [0.1, 0.15) is 33.6 Å². The number of rotatable bonds is 6. The molecule has 0 spiro atoms. The molecule has 94 valence electrons. The highest BCUT2D eigenvalue weighted by atomic mass is 16.1. The molecule has 16 heavy (non-hydrogen) atoms.